The Morgan fingerprint density at radius 3 is 2.00 bits per heavy atom. The molecule has 7 aromatic carbocycles. The maximum absolute atomic E-state index is 2.51. The van der Waals surface area contributed by atoms with E-state index >= 15 is 0 Å². The van der Waals surface area contributed by atoms with Crippen molar-refractivity contribution in [1.29, 1.82) is 0 Å². The van der Waals surface area contributed by atoms with E-state index in [0.717, 1.165) is 5.69 Å². The van der Waals surface area contributed by atoms with Gasteiger partial charge in [-0.3, -0.25) is 0 Å². The molecule has 214 valence electrons. The van der Waals surface area contributed by atoms with Crippen LogP contribution in [0.1, 0.15) is 25.0 Å². The molecule has 0 spiro atoms. The summed E-state index contributed by atoms with van der Waals surface area (Å²) in [6.07, 6.45) is 0. The third-order valence-electron chi connectivity index (χ3n) is 9.67. The van der Waals surface area contributed by atoms with Gasteiger partial charge in [0.1, 0.15) is 0 Å². The second kappa shape index (κ2) is 9.92. The molecule has 8 aromatic rings. The maximum atomic E-state index is 2.51. The van der Waals surface area contributed by atoms with E-state index < -0.39 is 0 Å². The predicted octanol–water partition coefficient (Wildman–Crippen LogP) is 12.7. The van der Waals surface area contributed by atoms with Crippen molar-refractivity contribution in [2.75, 3.05) is 4.90 Å². The van der Waals surface area contributed by atoms with Crippen LogP contribution >= 0.6 is 11.3 Å². The third-order valence-corrected chi connectivity index (χ3v) is 10.8. The molecule has 0 saturated heterocycles. The number of benzene rings is 7. The molecule has 1 aliphatic rings. The van der Waals surface area contributed by atoms with Crippen LogP contribution in [0, 0.1) is 0 Å². The van der Waals surface area contributed by atoms with Crippen LogP contribution in [0.5, 0.6) is 0 Å². The van der Waals surface area contributed by atoms with Crippen LogP contribution in [0.25, 0.3) is 53.2 Å². The lowest BCUT2D eigenvalue weighted by molar-refractivity contribution is 0.660. The summed E-state index contributed by atoms with van der Waals surface area (Å²) in [7, 11) is 0. The summed E-state index contributed by atoms with van der Waals surface area (Å²) >= 11 is 1.87. The van der Waals surface area contributed by atoms with Crippen molar-refractivity contribution in [3.8, 4) is 22.3 Å². The molecule has 2 heteroatoms. The molecule has 9 rings (SSSR count). The first-order valence-corrected chi connectivity index (χ1v) is 16.4. The molecule has 0 fully saturated rings. The third kappa shape index (κ3) is 3.92. The molecule has 45 heavy (non-hydrogen) atoms. The monoisotopic (exact) mass is 593 g/mol. The lowest BCUT2D eigenvalue weighted by Crippen LogP contribution is -2.16. The van der Waals surface area contributed by atoms with E-state index in [4.69, 9.17) is 0 Å². The van der Waals surface area contributed by atoms with E-state index in [0.29, 0.717) is 0 Å². The standard InChI is InChI=1S/C43H31NS/c1-43(2)35-18-7-5-15-33(35)41-36(43)19-10-20-37(41)44(38-21-11-23-40-42(38)34-16-6-8-22-39(34)45-40)30-26-24-29(25-27-30)32-17-9-13-28-12-3-4-14-31(28)32/h3-27H,1-2H3. The normalized spacial score (nSPS) is 13.3. The van der Waals surface area contributed by atoms with Crippen molar-refractivity contribution in [1.82, 2.24) is 0 Å². The number of hydrogen-bond acceptors (Lipinski definition) is 2. The van der Waals surface area contributed by atoms with Gasteiger partial charge in [0.25, 0.3) is 0 Å². The van der Waals surface area contributed by atoms with Crippen LogP contribution in [0.2, 0.25) is 0 Å². The Hall–Kier alpha value is -5.18. The highest BCUT2D eigenvalue weighted by Crippen LogP contribution is 2.55. The Morgan fingerprint density at radius 1 is 0.489 bits per heavy atom. The molecule has 0 N–H and O–H groups in total. The molecule has 0 radical (unpaired) electrons. The summed E-state index contributed by atoms with van der Waals surface area (Å²) in [6, 6.07) is 55.8. The number of fused-ring (bicyclic) bond motifs is 7. The fraction of sp³-hybridized carbons (Fsp3) is 0.0698. The molecule has 0 unspecified atom stereocenters. The van der Waals surface area contributed by atoms with Gasteiger partial charge in [0, 0.05) is 36.8 Å². The van der Waals surface area contributed by atoms with Gasteiger partial charge < -0.3 is 4.90 Å². The largest absolute Gasteiger partial charge is 0.309 e. The van der Waals surface area contributed by atoms with Gasteiger partial charge >= 0.3 is 0 Å². The molecular weight excluding hydrogens is 563 g/mol. The van der Waals surface area contributed by atoms with Crippen molar-refractivity contribution in [2.24, 2.45) is 0 Å². The Bertz CT molecular complexity index is 2410. The molecule has 0 bridgehead atoms. The molecule has 1 aromatic heterocycles. The Labute approximate surface area is 267 Å². The molecule has 0 amide bonds. The van der Waals surface area contributed by atoms with Gasteiger partial charge in [-0.15, -0.1) is 11.3 Å². The minimum absolute atomic E-state index is 0.0765. The van der Waals surface area contributed by atoms with E-state index in [1.807, 2.05) is 11.3 Å². The fourth-order valence-corrected chi connectivity index (χ4v) is 8.67. The zero-order valence-electron chi connectivity index (χ0n) is 25.3. The van der Waals surface area contributed by atoms with Crippen LogP contribution in [0.3, 0.4) is 0 Å². The summed E-state index contributed by atoms with van der Waals surface area (Å²) in [5, 5.41) is 5.15. The molecule has 0 atom stereocenters. The number of thiophene rings is 1. The minimum atomic E-state index is -0.0765. The minimum Gasteiger partial charge on any atom is -0.309 e. The first-order chi connectivity index (χ1) is 22.1. The summed E-state index contributed by atoms with van der Waals surface area (Å²) in [4.78, 5) is 2.51. The number of anilines is 3. The highest BCUT2D eigenvalue weighted by molar-refractivity contribution is 7.26. The maximum Gasteiger partial charge on any atom is 0.0555 e. The predicted molar refractivity (Wildman–Crippen MR) is 195 cm³/mol. The van der Waals surface area contributed by atoms with Gasteiger partial charge in [0.05, 0.1) is 11.4 Å². The molecule has 0 aliphatic heterocycles. The van der Waals surface area contributed by atoms with Gasteiger partial charge in [-0.1, -0.05) is 129 Å². The van der Waals surface area contributed by atoms with E-state index in [-0.39, 0.29) is 5.41 Å². The Morgan fingerprint density at radius 2 is 1.11 bits per heavy atom. The Balaban J connectivity index is 1.31. The SMILES string of the molecule is CC1(C)c2ccccc2-c2c(N(c3ccc(-c4cccc5ccccc45)cc3)c3cccc4sc5ccccc5c34)cccc21. The lowest BCUT2D eigenvalue weighted by atomic mass is 9.82. The zero-order chi connectivity index (χ0) is 30.1. The van der Waals surface area contributed by atoms with Crippen LogP contribution in [-0.4, -0.2) is 0 Å². The summed E-state index contributed by atoms with van der Waals surface area (Å²) in [5.41, 5.74) is 11.4. The van der Waals surface area contributed by atoms with Crippen LogP contribution in [0.15, 0.2) is 152 Å². The summed E-state index contributed by atoms with van der Waals surface area (Å²) < 4.78 is 2.62. The van der Waals surface area contributed by atoms with Gasteiger partial charge in [-0.25, -0.2) is 0 Å². The lowest BCUT2D eigenvalue weighted by Gasteiger charge is -2.29. The van der Waals surface area contributed by atoms with E-state index in [2.05, 4.69) is 170 Å². The van der Waals surface area contributed by atoms with Gasteiger partial charge in [0.15, 0.2) is 0 Å². The quantitative estimate of drug-likeness (QED) is 0.196. The smallest absolute Gasteiger partial charge is 0.0555 e. The van der Waals surface area contributed by atoms with Crippen molar-refractivity contribution in [2.45, 2.75) is 19.3 Å². The summed E-state index contributed by atoms with van der Waals surface area (Å²) in [6.45, 7) is 4.72. The highest BCUT2D eigenvalue weighted by Gasteiger charge is 2.37. The summed E-state index contributed by atoms with van der Waals surface area (Å²) in [5.74, 6) is 0. The van der Waals surface area contributed by atoms with E-state index in [9.17, 15) is 0 Å². The number of rotatable bonds is 4. The van der Waals surface area contributed by atoms with Gasteiger partial charge in [0.2, 0.25) is 0 Å². The molecule has 1 nitrogen and oxygen atoms in total. The number of nitrogens with zero attached hydrogens (tertiary/aromatic N) is 1. The topological polar surface area (TPSA) is 3.24 Å². The van der Waals surface area contributed by atoms with Gasteiger partial charge in [-0.2, -0.15) is 0 Å². The van der Waals surface area contributed by atoms with Crippen LogP contribution in [-0.2, 0) is 5.41 Å². The fourth-order valence-electron chi connectivity index (χ4n) is 7.54. The first kappa shape index (κ1) is 26.2. The van der Waals surface area contributed by atoms with Crippen LogP contribution in [0.4, 0.5) is 17.1 Å². The average molecular weight is 594 g/mol. The van der Waals surface area contributed by atoms with Crippen molar-refractivity contribution < 1.29 is 0 Å². The zero-order valence-corrected chi connectivity index (χ0v) is 26.1. The van der Waals surface area contributed by atoms with E-state index in [1.165, 1.54) is 75.7 Å². The Kier molecular flexibility index (Phi) is 5.78. The number of hydrogen-bond donors (Lipinski definition) is 0. The molecule has 0 saturated carbocycles. The van der Waals surface area contributed by atoms with Crippen molar-refractivity contribution in [3.63, 3.8) is 0 Å². The molecule has 1 aliphatic carbocycles. The molecule has 1 heterocycles. The molecular formula is C43H31NS. The second-order valence-electron chi connectivity index (χ2n) is 12.5. The van der Waals surface area contributed by atoms with Crippen molar-refractivity contribution >= 4 is 59.3 Å². The van der Waals surface area contributed by atoms with Crippen molar-refractivity contribution in [3.05, 3.63) is 163 Å². The highest BCUT2D eigenvalue weighted by atomic mass is 32.1. The first-order valence-electron chi connectivity index (χ1n) is 15.6. The second-order valence-corrected chi connectivity index (χ2v) is 13.6. The van der Waals surface area contributed by atoms with Crippen LogP contribution < -0.4 is 4.90 Å². The van der Waals surface area contributed by atoms with E-state index in [1.54, 1.807) is 0 Å². The average Bonchev–Trinajstić information content (AvgIpc) is 3.58. The van der Waals surface area contributed by atoms with Gasteiger partial charge in [-0.05, 0) is 75.0 Å².